The Morgan fingerprint density at radius 1 is 0.941 bits per heavy atom. The highest BCUT2D eigenvalue weighted by Crippen LogP contribution is 2.27. The van der Waals surface area contributed by atoms with E-state index in [9.17, 15) is 9.59 Å². The highest BCUT2D eigenvalue weighted by Gasteiger charge is 2.13. The van der Waals surface area contributed by atoms with Gasteiger partial charge in [-0.05, 0) is 79.3 Å². The zero-order valence-electron chi connectivity index (χ0n) is 19.8. The van der Waals surface area contributed by atoms with E-state index in [4.69, 9.17) is 0 Å². The summed E-state index contributed by atoms with van der Waals surface area (Å²) in [6.45, 7) is 8.17. The van der Waals surface area contributed by atoms with Gasteiger partial charge in [0, 0.05) is 49.4 Å². The van der Waals surface area contributed by atoms with Crippen molar-refractivity contribution in [3.63, 3.8) is 0 Å². The van der Waals surface area contributed by atoms with Gasteiger partial charge in [0.15, 0.2) is 0 Å². The third kappa shape index (κ3) is 6.32. The number of nitrogens with one attached hydrogen (secondary N) is 2. The molecule has 7 heteroatoms. The maximum Gasteiger partial charge on any atom is 0.256 e. The fourth-order valence-corrected chi connectivity index (χ4v) is 4.72. The predicted octanol–water partition coefficient (Wildman–Crippen LogP) is 4.34. The molecule has 1 saturated heterocycles. The summed E-state index contributed by atoms with van der Waals surface area (Å²) in [6.07, 6.45) is 0.955. The van der Waals surface area contributed by atoms with E-state index >= 15 is 0 Å². The highest BCUT2D eigenvalue weighted by atomic mass is 32.1. The van der Waals surface area contributed by atoms with Crippen LogP contribution in [0.25, 0.3) is 11.1 Å². The van der Waals surface area contributed by atoms with Crippen LogP contribution in [-0.2, 0) is 0 Å². The van der Waals surface area contributed by atoms with Crippen LogP contribution in [0.2, 0.25) is 0 Å². The van der Waals surface area contributed by atoms with Crippen LogP contribution >= 0.6 is 11.3 Å². The van der Waals surface area contributed by atoms with E-state index in [0.717, 1.165) is 61.5 Å². The first-order chi connectivity index (χ1) is 16.5. The van der Waals surface area contributed by atoms with E-state index in [1.54, 1.807) is 0 Å². The van der Waals surface area contributed by atoms with Crippen LogP contribution in [0, 0.1) is 6.92 Å². The van der Waals surface area contributed by atoms with Gasteiger partial charge in [-0.3, -0.25) is 9.59 Å². The molecule has 2 N–H and O–H groups in total. The Morgan fingerprint density at radius 3 is 2.41 bits per heavy atom. The quantitative estimate of drug-likeness (QED) is 0.475. The number of thiophene rings is 1. The molecule has 0 atom stereocenters. The lowest BCUT2D eigenvalue weighted by molar-refractivity contribution is 0.0948. The zero-order chi connectivity index (χ0) is 23.9. The third-order valence-electron chi connectivity index (χ3n) is 6.27. The SMILES string of the molecule is Cc1ccc(NC(=O)c2ccsc2)cc1-c1ccc(C(=O)NCCCN2CCN(C)CC2)cc1. The first-order valence-corrected chi connectivity index (χ1v) is 12.7. The molecule has 1 aliphatic heterocycles. The standard InChI is InChI=1S/C27H32N4O2S/c1-20-4-9-24(29-27(33)23-10-17-34-19-23)18-25(20)21-5-7-22(8-6-21)26(32)28-11-3-12-31-15-13-30(2)14-16-31/h4-10,17-19H,3,11-16H2,1-2H3,(H,28,32)(H,29,33). The number of nitrogens with zero attached hydrogens (tertiary/aromatic N) is 2. The van der Waals surface area contributed by atoms with Gasteiger partial charge in [-0.15, -0.1) is 0 Å². The molecule has 178 valence electrons. The largest absolute Gasteiger partial charge is 0.352 e. The molecule has 0 saturated carbocycles. The van der Waals surface area contributed by atoms with Crippen LogP contribution in [0.5, 0.6) is 0 Å². The number of aryl methyl sites for hydroxylation is 1. The van der Waals surface area contributed by atoms with Crippen molar-refractivity contribution in [1.29, 1.82) is 0 Å². The van der Waals surface area contributed by atoms with Gasteiger partial charge >= 0.3 is 0 Å². The number of hydrogen-bond acceptors (Lipinski definition) is 5. The predicted molar refractivity (Wildman–Crippen MR) is 140 cm³/mol. The minimum absolute atomic E-state index is 0.0431. The first-order valence-electron chi connectivity index (χ1n) is 11.7. The number of rotatable bonds is 8. The fraction of sp³-hybridized carbons (Fsp3) is 0.333. The van der Waals surface area contributed by atoms with Crippen molar-refractivity contribution in [2.24, 2.45) is 0 Å². The molecular formula is C27H32N4O2S. The van der Waals surface area contributed by atoms with Gasteiger partial charge in [0.25, 0.3) is 11.8 Å². The van der Waals surface area contributed by atoms with E-state index in [1.165, 1.54) is 11.3 Å². The number of hydrogen-bond donors (Lipinski definition) is 2. The van der Waals surface area contributed by atoms with Gasteiger partial charge in [-0.2, -0.15) is 11.3 Å². The van der Waals surface area contributed by atoms with Gasteiger partial charge in [-0.25, -0.2) is 0 Å². The molecule has 0 aliphatic carbocycles. The van der Waals surface area contributed by atoms with Crippen LogP contribution in [0.3, 0.4) is 0 Å². The molecular weight excluding hydrogens is 444 g/mol. The number of carbonyl (C=O) groups excluding carboxylic acids is 2. The third-order valence-corrected chi connectivity index (χ3v) is 6.95. The van der Waals surface area contributed by atoms with Crippen molar-refractivity contribution < 1.29 is 9.59 Å². The van der Waals surface area contributed by atoms with E-state index in [1.807, 2.05) is 66.2 Å². The normalized spacial score (nSPS) is 14.6. The molecule has 2 amide bonds. The highest BCUT2D eigenvalue weighted by molar-refractivity contribution is 7.08. The Hall–Kier alpha value is -3.00. The molecule has 1 aliphatic rings. The molecule has 0 spiro atoms. The monoisotopic (exact) mass is 476 g/mol. The topological polar surface area (TPSA) is 64.7 Å². The zero-order valence-corrected chi connectivity index (χ0v) is 20.7. The van der Waals surface area contributed by atoms with Gasteiger partial charge in [0.2, 0.25) is 0 Å². The summed E-state index contributed by atoms with van der Waals surface area (Å²) >= 11 is 1.50. The van der Waals surface area contributed by atoms with Crippen molar-refractivity contribution in [3.05, 3.63) is 76.0 Å². The summed E-state index contributed by atoms with van der Waals surface area (Å²) in [7, 11) is 2.16. The Kier molecular flexibility index (Phi) is 8.11. The van der Waals surface area contributed by atoms with Crippen LogP contribution in [-0.4, -0.2) is 67.9 Å². The maximum atomic E-state index is 12.6. The molecule has 6 nitrogen and oxygen atoms in total. The Balaban J connectivity index is 1.31. The molecule has 0 radical (unpaired) electrons. The second-order valence-electron chi connectivity index (χ2n) is 8.83. The summed E-state index contributed by atoms with van der Waals surface area (Å²) in [6, 6.07) is 15.4. The summed E-state index contributed by atoms with van der Waals surface area (Å²) in [4.78, 5) is 29.8. The van der Waals surface area contributed by atoms with Gasteiger partial charge in [0.05, 0.1) is 5.56 Å². The molecule has 1 aromatic heterocycles. The molecule has 3 aromatic rings. The van der Waals surface area contributed by atoms with Crippen LogP contribution in [0.1, 0.15) is 32.7 Å². The lowest BCUT2D eigenvalue weighted by Crippen LogP contribution is -2.45. The fourth-order valence-electron chi connectivity index (χ4n) is 4.09. The molecule has 0 unspecified atom stereocenters. The molecule has 34 heavy (non-hydrogen) atoms. The Labute approximate surface area is 205 Å². The van der Waals surface area contributed by atoms with Crippen molar-refractivity contribution in [2.45, 2.75) is 13.3 Å². The van der Waals surface area contributed by atoms with E-state index < -0.39 is 0 Å². The van der Waals surface area contributed by atoms with Crippen LogP contribution < -0.4 is 10.6 Å². The van der Waals surface area contributed by atoms with Crippen molar-refractivity contribution >= 4 is 28.8 Å². The second kappa shape index (κ2) is 11.4. The minimum atomic E-state index is -0.115. The summed E-state index contributed by atoms with van der Waals surface area (Å²) in [5.41, 5.74) is 5.21. The molecule has 4 rings (SSSR count). The molecule has 2 heterocycles. The Morgan fingerprint density at radius 2 is 1.71 bits per heavy atom. The van der Waals surface area contributed by atoms with Crippen molar-refractivity contribution in [1.82, 2.24) is 15.1 Å². The minimum Gasteiger partial charge on any atom is -0.352 e. The maximum absolute atomic E-state index is 12.6. The summed E-state index contributed by atoms with van der Waals surface area (Å²) in [5, 5.41) is 9.73. The van der Waals surface area contributed by atoms with Gasteiger partial charge < -0.3 is 20.4 Å². The lowest BCUT2D eigenvalue weighted by atomic mass is 9.98. The lowest BCUT2D eigenvalue weighted by Gasteiger charge is -2.32. The Bertz CT molecular complexity index is 1100. The van der Waals surface area contributed by atoms with Crippen LogP contribution in [0.15, 0.2) is 59.3 Å². The molecule has 0 bridgehead atoms. The average Bonchev–Trinajstić information content (AvgIpc) is 3.39. The molecule has 2 aromatic carbocycles. The van der Waals surface area contributed by atoms with Crippen molar-refractivity contribution in [2.75, 3.05) is 51.6 Å². The van der Waals surface area contributed by atoms with E-state index in [2.05, 4.69) is 27.5 Å². The van der Waals surface area contributed by atoms with Gasteiger partial charge in [0.1, 0.15) is 0 Å². The van der Waals surface area contributed by atoms with E-state index in [-0.39, 0.29) is 11.8 Å². The number of anilines is 1. The van der Waals surface area contributed by atoms with Crippen LogP contribution in [0.4, 0.5) is 5.69 Å². The number of carbonyl (C=O) groups is 2. The number of likely N-dealkylation sites (N-methyl/N-ethyl adjacent to an activating group) is 1. The number of benzene rings is 2. The summed E-state index contributed by atoms with van der Waals surface area (Å²) in [5.74, 6) is -0.158. The smallest absolute Gasteiger partial charge is 0.256 e. The van der Waals surface area contributed by atoms with E-state index in [0.29, 0.717) is 17.7 Å². The average molecular weight is 477 g/mol. The second-order valence-corrected chi connectivity index (χ2v) is 9.61. The first kappa shape index (κ1) is 24.1. The van der Waals surface area contributed by atoms with Crippen molar-refractivity contribution in [3.8, 4) is 11.1 Å². The van der Waals surface area contributed by atoms with Gasteiger partial charge in [-0.1, -0.05) is 18.2 Å². The summed E-state index contributed by atoms with van der Waals surface area (Å²) < 4.78 is 0. The molecule has 1 fully saturated rings. The number of piperazine rings is 1. The number of amides is 2.